The first-order chi connectivity index (χ1) is 10.5. The predicted molar refractivity (Wildman–Crippen MR) is 104 cm³/mol. The third-order valence-corrected chi connectivity index (χ3v) is 4.11. The van der Waals surface area contributed by atoms with Crippen molar-refractivity contribution in [3.63, 3.8) is 0 Å². The fraction of sp³-hybridized carbons (Fsp3) is 0.600. The van der Waals surface area contributed by atoms with Crippen LogP contribution in [-0.4, -0.2) is 60.0 Å². The van der Waals surface area contributed by atoms with Crippen LogP contribution in [0.4, 0.5) is 0 Å². The van der Waals surface area contributed by atoms with Gasteiger partial charge in [-0.2, -0.15) is 0 Å². The van der Waals surface area contributed by atoms with Crippen LogP contribution in [0.25, 0.3) is 0 Å². The molecule has 1 aliphatic heterocycles. The number of amides is 1. The van der Waals surface area contributed by atoms with E-state index < -0.39 is 0 Å². The number of likely N-dealkylation sites (tertiary alicyclic amines) is 1. The Morgan fingerprint density at radius 2 is 2.09 bits per heavy atom. The van der Waals surface area contributed by atoms with Crippen molar-refractivity contribution in [1.82, 2.24) is 19.7 Å². The van der Waals surface area contributed by atoms with E-state index in [0.717, 1.165) is 36.6 Å². The molecule has 6 nitrogen and oxygen atoms in total. The van der Waals surface area contributed by atoms with E-state index in [1.165, 1.54) is 0 Å². The minimum absolute atomic E-state index is 0. The average Bonchev–Trinajstić information content (AvgIpc) is 3.10. The van der Waals surface area contributed by atoms with E-state index in [1.54, 1.807) is 7.05 Å². The summed E-state index contributed by atoms with van der Waals surface area (Å²) in [5.74, 6) is 0.832. The molecule has 2 rings (SSSR count). The molecule has 0 unspecified atom stereocenters. The van der Waals surface area contributed by atoms with Crippen LogP contribution in [0.5, 0.6) is 0 Å². The lowest BCUT2D eigenvalue weighted by atomic mass is 10.4. The van der Waals surface area contributed by atoms with Crippen molar-refractivity contribution in [2.24, 2.45) is 12.0 Å². The van der Waals surface area contributed by atoms with Crippen LogP contribution in [0.3, 0.4) is 0 Å². The fourth-order valence-corrected chi connectivity index (χ4v) is 2.93. The van der Waals surface area contributed by atoms with Crippen molar-refractivity contribution in [2.45, 2.75) is 19.4 Å². The summed E-state index contributed by atoms with van der Waals surface area (Å²) < 4.78 is 1.99. The molecule has 0 saturated carbocycles. The van der Waals surface area contributed by atoms with Crippen molar-refractivity contribution < 1.29 is 4.79 Å². The highest BCUT2D eigenvalue weighted by atomic mass is 127. The molecule has 0 spiro atoms. The summed E-state index contributed by atoms with van der Waals surface area (Å²) >= 11 is 6.00. The number of carbonyl (C=O) groups excluding carboxylic acids is 1. The second-order valence-electron chi connectivity index (χ2n) is 5.61. The molecular weight excluding hydrogens is 429 g/mol. The van der Waals surface area contributed by atoms with Gasteiger partial charge in [0.15, 0.2) is 5.96 Å². The van der Waals surface area contributed by atoms with Crippen molar-refractivity contribution in [3.8, 4) is 0 Å². The molecule has 0 aliphatic carbocycles. The maximum atomic E-state index is 12.1. The fourth-order valence-electron chi connectivity index (χ4n) is 2.66. The number of carbonyl (C=O) groups is 1. The summed E-state index contributed by atoms with van der Waals surface area (Å²) in [5.41, 5.74) is 1.08. The Hall–Kier alpha value is -0.960. The summed E-state index contributed by atoms with van der Waals surface area (Å²) in [6.45, 7) is 2.69. The first-order valence-electron chi connectivity index (χ1n) is 7.51. The number of guanidine groups is 1. The number of aliphatic imine (C=N–C) groups is 1. The molecule has 23 heavy (non-hydrogen) atoms. The van der Waals surface area contributed by atoms with E-state index in [0.29, 0.717) is 12.5 Å². The second kappa shape index (κ2) is 9.36. The van der Waals surface area contributed by atoms with Crippen molar-refractivity contribution in [2.75, 3.05) is 33.7 Å². The third-order valence-electron chi connectivity index (χ3n) is 3.90. The Labute approximate surface area is 159 Å². The van der Waals surface area contributed by atoms with Crippen LogP contribution in [0.1, 0.15) is 18.5 Å². The predicted octanol–water partition coefficient (Wildman–Crippen LogP) is 1.93. The van der Waals surface area contributed by atoms with Crippen molar-refractivity contribution >= 4 is 47.4 Å². The molecule has 2 heterocycles. The van der Waals surface area contributed by atoms with Gasteiger partial charge in [0.2, 0.25) is 5.91 Å². The first kappa shape index (κ1) is 20.1. The Kier molecular flexibility index (Phi) is 8.18. The molecule has 8 heteroatoms. The molecule has 0 aromatic carbocycles. The van der Waals surface area contributed by atoms with Gasteiger partial charge in [0, 0.05) is 46.1 Å². The highest BCUT2D eigenvalue weighted by molar-refractivity contribution is 14.0. The largest absolute Gasteiger partial charge is 0.351 e. The zero-order valence-electron chi connectivity index (χ0n) is 13.9. The lowest BCUT2D eigenvalue weighted by molar-refractivity contribution is -0.128. The number of rotatable bonds is 4. The summed E-state index contributed by atoms with van der Waals surface area (Å²) in [4.78, 5) is 20.2. The molecular formula is C15H25ClIN5O. The van der Waals surface area contributed by atoms with Crippen LogP contribution < -0.4 is 5.32 Å². The molecule has 1 saturated heterocycles. The molecule has 1 fully saturated rings. The van der Waals surface area contributed by atoms with Gasteiger partial charge in [-0.25, -0.2) is 0 Å². The van der Waals surface area contributed by atoms with Gasteiger partial charge in [0.25, 0.3) is 0 Å². The smallest absolute Gasteiger partial charge is 0.241 e. The van der Waals surface area contributed by atoms with Gasteiger partial charge in [-0.1, -0.05) is 11.6 Å². The second-order valence-corrected chi connectivity index (χ2v) is 6.04. The van der Waals surface area contributed by atoms with Crippen LogP contribution >= 0.6 is 35.6 Å². The number of aryl methyl sites for hydroxylation is 1. The van der Waals surface area contributed by atoms with E-state index in [1.807, 2.05) is 40.7 Å². The minimum Gasteiger partial charge on any atom is -0.351 e. The van der Waals surface area contributed by atoms with Gasteiger partial charge < -0.3 is 19.7 Å². The molecule has 0 radical (unpaired) electrons. The Bertz CT molecular complexity index is 554. The Balaban J connectivity index is 0.00000264. The van der Waals surface area contributed by atoms with Gasteiger partial charge in [-0.05, 0) is 18.9 Å². The lowest BCUT2D eigenvalue weighted by Gasteiger charge is -2.23. The molecule has 1 amide bonds. The standard InChI is InChI=1S/C15H24ClN5O.HI/c1-17-15(18-9-14(22)21-6-4-5-7-21)20(3)11-13-8-12(16)10-19(13)2;/h8,10H,4-7,9,11H2,1-3H3,(H,17,18);1H. The summed E-state index contributed by atoms with van der Waals surface area (Å²) in [6.07, 6.45) is 4.08. The number of nitrogens with zero attached hydrogens (tertiary/aromatic N) is 4. The van der Waals surface area contributed by atoms with Gasteiger partial charge in [0.05, 0.1) is 18.1 Å². The SMILES string of the molecule is CN=C(NCC(=O)N1CCCC1)N(C)Cc1cc(Cl)cn1C.I. The molecule has 130 valence electrons. The molecule has 1 aliphatic rings. The average molecular weight is 454 g/mol. The monoisotopic (exact) mass is 453 g/mol. The summed E-state index contributed by atoms with van der Waals surface area (Å²) in [6, 6.07) is 1.93. The number of nitrogens with one attached hydrogen (secondary N) is 1. The van der Waals surface area contributed by atoms with Gasteiger partial charge in [-0.15, -0.1) is 24.0 Å². The van der Waals surface area contributed by atoms with Crippen molar-refractivity contribution in [3.05, 3.63) is 23.0 Å². The Morgan fingerprint density at radius 1 is 1.43 bits per heavy atom. The molecule has 1 N–H and O–H groups in total. The van der Waals surface area contributed by atoms with Gasteiger partial charge in [-0.3, -0.25) is 9.79 Å². The molecule has 0 atom stereocenters. The highest BCUT2D eigenvalue weighted by Gasteiger charge is 2.18. The molecule has 1 aromatic rings. The topological polar surface area (TPSA) is 52.9 Å². The minimum atomic E-state index is 0. The summed E-state index contributed by atoms with van der Waals surface area (Å²) in [5, 5.41) is 3.86. The van der Waals surface area contributed by atoms with Crippen LogP contribution in [-0.2, 0) is 18.4 Å². The van der Waals surface area contributed by atoms with Crippen LogP contribution in [0.15, 0.2) is 17.3 Å². The zero-order valence-corrected chi connectivity index (χ0v) is 17.0. The molecule has 1 aromatic heterocycles. The maximum Gasteiger partial charge on any atom is 0.241 e. The number of hydrogen-bond donors (Lipinski definition) is 1. The lowest BCUT2D eigenvalue weighted by Crippen LogP contribution is -2.44. The van der Waals surface area contributed by atoms with E-state index in [9.17, 15) is 4.79 Å². The van der Waals surface area contributed by atoms with E-state index in [-0.39, 0.29) is 36.4 Å². The van der Waals surface area contributed by atoms with E-state index in [4.69, 9.17) is 11.6 Å². The number of halogens is 2. The third kappa shape index (κ3) is 5.56. The van der Waals surface area contributed by atoms with Crippen molar-refractivity contribution in [1.29, 1.82) is 0 Å². The normalized spacial score (nSPS) is 14.6. The first-order valence-corrected chi connectivity index (χ1v) is 7.89. The highest BCUT2D eigenvalue weighted by Crippen LogP contribution is 2.14. The van der Waals surface area contributed by atoms with Gasteiger partial charge in [0.1, 0.15) is 0 Å². The molecule has 0 bridgehead atoms. The zero-order chi connectivity index (χ0) is 16.1. The van der Waals surface area contributed by atoms with Crippen LogP contribution in [0, 0.1) is 0 Å². The number of hydrogen-bond acceptors (Lipinski definition) is 2. The quantitative estimate of drug-likeness (QED) is 0.431. The maximum absolute atomic E-state index is 12.1. The Morgan fingerprint density at radius 3 is 2.61 bits per heavy atom. The van der Waals surface area contributed by atoms with E-state index >= 15 is 0 Å². The van der Waals surface area contributed by atoms with E-state index in [2.05, 4.69) is 10.3 Å². The number of aromatic nitrogens is 1. The summed E-state index contributed by atoms with van der Waals surface area (Å²) in [7, 11) is 5.62. The van der Waals surface area contributed by atoms with Gasteiger partial charge >= 0.3 is 0 Å². The van der Waals surface area contributed by atoms with Crippen LogP contribution in [0.2, 0.25) is 5.02 Å².